The molecule has 1 aromatic rings. The Kier molecular flexibility index (Phi) is 8.67. The molecule has 7 nitrogen and oxygen atoms in total. The molecule has 2 fully saturated rings. The van der Waals surface area contributed by atoms with Gasteiger partial charge in [0.05, 0.1) is 13.2 Å². The van der Waals surface area contributed by atoms with E-state index < -0.39 is 0 Å². The number of hydrogen-bond acceptors (Lipinski definition) is 6. The van der Waals surface area contributed by atoms with Gasteiger partial charge >= 0.3 is 0 Å². The van der Waals surface area contributed by atoms with Gasteiger partial charge in [0.1, 0.15) is 0 Å². The topological polar surface area (TPSA) is 70.2 Å². The van der Waals surface area contributed by atoms with Crippen molar-refractivity contribution in [1.82, 2.24) is 14.8 Å². The van der Waals surface area contributed by atoms with Crippen LogP contribution in [-0.4, -0.2) is 86.3 Å². The van der Waals surface area contributed by atoms with Gasteiger partial charge in [0.15, 0.2) is 11.1 Å². The first-order chi connectivity index (χ1) is 11.8. The van der Waals surface area contributed by atoms with Gasteiger partial charge in [-0.1, -0.05) is 0 Å². The Morgan fingerprint density at radius 3 is 2.72 bits per heavy atom. The number of nitrogens with two attached hydrogens (primary N) is 1. The Labute approximate surface area is 171 Å². The number of rotatable bonds is 8. The van der Waals surface area contributed by atoms with Crippen LogP contribution >= 0.6 is 35.3 Å². The van der Waals surface area contributed by atoms with E-state index in [0.29, 0.717) is 5.96 Å². The highest BCUT2D eigenvalue weighted by Gasteiger charge is 2.28. The highest BCUT2D eigenvalue weighted by atomic mass is 127. The molecule has 25 heavy (non-hydrogen) atoms. The van der Waals surface area contributed by atoms with Crippen molar-refractivity contribution in [3.8, 4) is 0 Å². The third-order valence-corrected chi connectivity index (χ3v) is 5.43. The van der Waals surface area contributed by atoms with Crippen molar-refractivity contribution in [2.24, 2.45) is 10.7 Å². The lowest BCUT2D eigenvalue weighted by atomic mass is 10.3. The van der Waals surface area contributed by atoms with Crippen LogP contribution in [0.5, 0.6) is 0 Å². The average Bonchev–Trinajstić information content (AvgIpc) is 3.31. The molecule has 0 amide bonds. The maximum absolute atomic E-state index is 6.19. The van der Waals surface area contributed by atoms with Gasteiger partial charge in [0, 0.05) is 64.0 Å². The summed E-state index contributed by atoms with van der Waals surface area (Å²) in [4.78, 5) is 15.9. The lowest BCUT2D eigenvalue weighted by molar-refractivity contribution is 0.145. The highest BCUT2D eigenvalue weighted by molar-refractivity contribution is 14.0. The third-order valence-electron chi connectivity index (χ3n) is 4.60. The Morgan fingerprint density at radius 2 is 2.12 bits per heavy atom. The molecule has 1 saturated heterocycles. The summed E-state index contributed by atoms with van der Waals surface area (Å²) in [6.45, 7) is 7.22. The molecule has 0 bridgehead atoms. The van der Waals surface area contributed by atoms with Gasteiger partial charge in [-0.25, -0.2) is 4.98 Å². The maximum Gasteiger partial charge on any atom is 0.191 e. The Morgan fingerprint density at radius 1 is 1.36 bits per heavy atom. The van der Waals surface area contributed by atoms with E-state index in [-0.39, 0.29) is 24.0 Å². The average molecular weight is 480 g/mol. The van der Waals surface area contributed by atoms with Crippen LogP contribution in [-0.2, 0) is 4.74 Å². The molecule has 3 rings (SSSR count). The zero-order chi connectivity index (χ0) is 16.8. The van der Waals surface area contributed by atoms with E-state index in [1.54, 1.807) is 18.4 Å². The maximum atomic E-state index is 6.19. The minimum atomic E-state index is 0. The fraction of sp³-hybridized carbons (Fsp3) is 0.750. The number of hydrogen-bond donors (Lipinski definition) is 1. The van der Waals surface area contributed by atoms with Crippen molar-refractivity contribution in [3.05, 3.63) is 11.6 Å². The van der Waals surface area contributed by atoms with Crippen LogP contribution < -0.4 is 10.6 Å². The SMILES string of the molecule is COCCN(CCN=C(N)N1CCN(c2nccs2)CC1)C1CC1.I. The van der Waals surface area contributed by atoms with Crippen LogP contribution in [0.15, 0.2) is 16.6 Å². The molecule has 1 aliphatic heterocycles. The first-order valence-corrected chi connectivity index (χ1v) is 9.58. The Bertz CT molecular complexity index is 517. The number of thiazole rings is 1. The number of aromatic nitrogens is 1. The molecule has 0 spiro atoms. The predicted molar refractivity (Wildman–Crippen MR) is 114 cm³/mol. The largest absolute Gasteiger partial charge is 0.383 e. The summed E-state index contributed by atoms with van der Waals surface area (Å²) in [5, 5.41) is 3.12. The van der Waals surface area contributed by atoms with E-state index in [1.807, 2.05) is 11.6 Å². The summed E-state index contributed by atoms with van der Waals surface area (Å²) < 4.78 is 5.19. The second-order valence-corrected chi connectivity index (χ2v) is 7.16. The summed E-state index contributed by atoms with van der Waals surface area (Å²) in [5.74, 6) is 0.677. The Balaban J connectivity index is 0.00000225. The standard InChI is InChI=1S/C16H28N6OS.HI/c1-23-12-11-20(14-2-3-14)6-4-18-15(17)21-7-9-22(10-8-21)16-19-5-13-24-16;/h5,13-14H,2-4,6-12H2,1H3,(H2,17,18);1H. The van der Waals surface area contributed by atoms with E-state index in [4.69, 9.17) is 10.5 Å². The molecule has 142 valence electrons. The van der Waals surface area contributed by atoms with Crippen LogP contribution in [0.2, 0.25) is 0 Å². The van der Waals surface area contributed by atoms with Crippen molar-refractivity contribution in [1.29, 1.82) is 0 Å². The fourth-order valence-corrected chi connectivity index (χ4v) is 3.71. The van der Waals surface area contributed by atoms with Gasteiger partial charge in [-0.15, -0.1) is 35.3 Å². The normalized spacial score (nSPS) is 18.6. The number of piperazine rings is 1. The van der Waals surface area contributed by atoms with E-state index in [0.717, 1.165) is 63.6 Å². The van der Waals surface area contributed by atoms with Gasteiger partial charge in [0.25, 0.3) is 0 Å². The number of methoxy groups -OCH3 is 1. The molecule has 2 heterocycles. The molecule has 0 unspecified atom stereocenters. The number of halogens is 1. The first-order valence-electron chi connectivity index (χ1n) is 8.70. The smallest absolute Gasteiger partial charge is 0.191 e. The van der Waals surface area contributed by atoms with Crippen LogP contribution in [0.1, 0.15) is 12.8 Å². The molecule has 0 radical (unpaired) electrons. The van der Waals surface area contributed by atoms with Crippen LogP contribution in [0.25, 0.3) is 0 Å². The van der Waals surface area contributed by atoms with Crippen LogP contribution in [0.4, 0.5) is 5.13 Å². The van der Waals surface area contributed by atoms with Crippen LogP contribution in [0.3, 0.4) is 0 Å². The van der Waals surface area contributed by atoms with Crippen molar-refractivity contribution in [2.75, 3.05) is 64.4 Å². The Hall–Kier alpha value is -0.650. The molecule has 1 aliphatic carbocycles. The van der Waals surface area contributed by atoms with Gasteiger partial charge in [-0.05, 0) is 12.8 Å². The number of anilines is 1. The summed E-state index contributed by atoms with van der Waals surface area (Å²) >= 11 is 1.69. The van der Waals surface area contributed by atoms with Crippen molar-refractivity contribution in [2.45, 2.75) is 18.9 Å². The van der Waals surface area contributed by atoms with E-state index in [1.165, 1.54) is 12.8 Å². The summed E-state index contributed by atoms with van der Waals surface area (Å²) in [6, 6.07) is 0.735. The molecule has 2 aliphatic rings. The molecule has 0 atom stereocenters. The van der Waals surface area contributed by atoms with E-state index in [9.17, 15) is 0 Å². The number of guanidine groups is 1. The molecule has 1 saturated carbocycles. The van der Waals surface area contributed by atoms with Gasteiger partial charge in [-0.2, -0.15) is 0 Å². The fourth-order valence-electron chi connectivity index (χ4n) is 3.02. The number of ether oxygens (including phenoxy) is 1. The highest BCUT2D eigenvalue weighted by Crippen LogP contribution is 2.26. The van der Waals surface area contributed by atoms with Crippen molar-refractivity contribution in [3.63, 3.8) is 0 Å². The first kappa shape index (κ1) is 20.7. The minimum absolute atomic E-state index is 0. The molecule has 0 aromatic carbocycles. The van der Waals surface area contributed by atoms with Gasteiger partial charge in [0.2, 0.25) is 0 Å². The summed E-state index contributed by atoms with van der Waals surface area (Å²) in [7, 11) is 1.76. The monoisotopic (exact) mass is 480 g/mol. The molecule has 1 aromatic heterocycles. The minimum Gasteiger partial charge on any atom is -0.383 e. The molecular formula is C16H29IN6OS. The van der Waals surface area contributed by atoms with Crippen LogP contribution in [0, 0.1) is 0 Å². The predicted octanol–water partition coefficient (Wildman–Crippen LogP) is 1.31. The third kappa shape index (κ3) is 6.22. The van der Waals surface area contributed by atoms with Crippen molar-refractivity contribution < 1.29 is 4.74 Å². The molecule has 9 heteroatoms. The lowest BCUT2D eigenvalue weighted by Gasteiger charge is -2.35. The lowest BCUT2D eigenvalue weighted by Crippen LogP contribution is -2.51. The number of aliphatic imine (C=N–C) groups is 1. The van der Waals surface area contributed by atoms with Gasteiger partial charge < -0.3 is 20.3 Å². The van der Waals surface area contributed by atoms with E-state index >= 15 is 0 Å². The second-order valence-electron chi connectivity index (χ2n) is 6.29. The zero-order valence-electron chi connectivity index (χ0n) is 14.8. The summed E-state index contributed by atoms with van der Waals surface area (Å²) in [6.07, 6.45) is 4.47. The number of nitrogens with zero attached hydrogens (tertiary/aromatic N) is 5. The zero-order valence-corrected chi connectivity index (χ0v) is 18.0. The molecule has 2 N–H and O–H groups in total. The van der Waals surface area contributed by atoms with Crippen molar-refractivity contribution >= 4 is 46.4 Å². The van der Waals surface area contributed by atoms with Gasteiger partial charge in [-0.3, -0.25) is 9.89 Å². The summed E-state index contributed by atoms with van der Waals surface area (Å²) in [5.41, 5.74) is 6.19. The molecular weight excluding hydrogens is 451 g/mol. The van der Waals surface area contributed by atoms with E-state index in [2.05, 4.69) is 24.7 Å². The quantitative estimate of drug-likeness (QED) is 0.344. The second kappa shape index (κ2) is 10.5.